The molecule has 0 spiro atoms. The molecule has 1 aromatic heterocycles. The summed E-state index contributed by atoms with van der Waals surface area (Å²) in [7, 11) is 1.65. The summed E-state index contributed by atoms with van der Waals surface area (Å²) in [6, 6.07) is 7.24. The van der Waals surface area contributed by atoms with Gasteiger partial charge in [0.1, 0.15) is 5.76 Å². The number of urea groups is 1. The third kappa shape index (κ3) is 4.83. The summed E-state index contributed by atoms with van der Waals surface area (Å²) in [4.78, 5) is 16.2. The predicted molar refractivity (Wildman–Crippen MR) is 92.9 cm³/mol. The third-order valence-corrected chi connectivity index (χ3v) is 3.66. The lowest BCUT2D eigenvalue weighted by molar-refractivity contribution is 0.119. The molecule has 0 saturated heterocycles. The zero-order valence-corrected chi connectivity index (χ0v) is 14.8. The average Bonchev–Trinajstić information content (AvgIpc) is 3.01. The highest BCUT2D eigenvalue weighted by atomic mass is 16.5. The minimum absolute atomic E-state index is 0.0297. The van der Waals surface area contributed by atoms with Gasteiger partial charge in [0.15, 0.2) is 0 Å². The molecule has 2 aromatic rings. The molecule has 2 rings (SSSR count). The van der Waals surface area contributed by atoms with Gasteiger partial charge >= 0.3 is 6.03 Å². The molecular formula is C18H25N3O3. The molecule has 0 fully saturated rings. The van der Waals surface area contributed by atoms with Crippen LogP contribution in [0.3, 0.4) is 0 Å². The van der Waals surface area contributed by atoms with E-state index in [1.807, 2.05) is 52.0 Å². The van der Waals surface area contributed by atoms with Crippen LogP contribution in [0.1, 0.15) is 51.0 Å². The number of nitrogens with zero attached hydrogens (tertiary/aromatic N) is 1. The van der Waals surface area contributed by atoms with E-state index in [9.17, 15) is 4.79 Å². The number of methoxy groups -OCH3 is 1. The molecular weight excluding hydrogens is 306 g/mol. The van der Waals surface area contributed by atoms with E-state index in [1.54, 1.807) is 13.3 Å². The molecule has 0 aliphatic heterocycles. The molecule has 0 radical (unpaired) electrons. The fourth-order valence-corrected chi connectivity index (χ4v) is 2.08. The maximum Gasteiger partial charge on any atom is 0.319 e. The van der Waals surface area contributed by atoms with Gasteiger partial charge in [-0.05, 0) is 24.6 Å². The zero-order valence-electron chi connectivity index (χ0n) is 14.8. The fourth-order valence-electron chi connectivity index (χ4n) is 2.08. The Hall–Kier alpha value is -2.34. The van der Waals surface area contributed by atoms with Crippen LogP contribution >= 0.6 is 0 Å². The second-order valence-corrected chi connectivity index (χ2v) is 6.68. The van der Waals surface area contributed by atoms with Gasteiger partial charge in [-0.3, -0.25) is 0 Å². The number of hydrogen-bond donors (Lipinski definition) is 2. The van der Waals surface area contributed by atoms with Crippen molar-refractivity contribution >= 4 is 11.7 Å². The summed E-state index contributed by atoms with van der Waals surface area (Å²) in [6.07, 6.45) is 1.67. The molecule has 0 aliphatic carbocycles. The number of rotatable bonds is 5. The topological polar surface area (TPSA) is 76.4 Å². The minimum atomic E-state index is -0.312. The molecule has 6 heteroatoms. The lowest BCUT2D eigenvalue weighted by Gasteiger charge is -2.13. The van der Waals surface area contributed by atoms with Crippen molar-refractivity contribution in [3.8, 4) is 0 Å². The number of nitrogens with one attached hydrogen (secondary N) is 2. The van der Waals surface area contributed by atoms with Gasteiger partial charge in [-0.25, -0.2) is 9.78 Å². The maximum atomic E-state index is 12.0. The van der Waals surface area contributed by atoms with Crippen molar-refractivity contribution in [2.24, 2.45) is 0 Å². The van der Waals surface area contributed by atoms with Crippen LogP contribution in [-0.4, -0.2) is 18.1 Å². The Morgan fingerprint density at radius 2 is 2.12 bits per heavy atom. The van der Waals surface area contributed by atoms with Crippen LogP contribution < -0.4 is 10.6 Å². The van der Waals surface area contributed by atoms with Crippen LogP contribution in [0.15, 0.2) is 34.9 Å². The molecule has 1 aromatic carbocycles. The highest BCUT2D eigenvalue weighted by Gasteiger charge is 2.19. The Labute approximate surface area is 142 Å². The fraction of sp³-hybridized carbons (Fsp3) is 0.444. The van der Waals surface area contributed by atoms with Crippen LogP contribution in [0, 0.1) is 0 Å². The van der Waals surface area contributed by atoms with Gasteiger partial charge in [0.2, 0.25) is 5.89 Å². The Morgan fingerprint density at radius 1 is 1.38 bits per heavy atom. The number of aromatic nitrogens is 1. The number of hydrogen-bond acceptors (Lipinski definition) is 4. The highest BCUT2D eigenvalue weighted by Crippen LogP contribution is 2.22. The van der Waals surface area contributed by atoms with Gasteiger partial charge in [0.05, 0.1) is 18.8 Å². The number of benzene rings is 1. The maximum absolute atomic E-state index is 12.0. The average molecular weight is 331 g/mol. The van der Waals surface area contributed by atoms with E-state index < -0.39 is 0 Å². The van der Waals surface area contributed by atoms with E-state index in [-0.39, 0.29) is 24.1 Å². The van der Waals surface area contributed by atoms with Crippen molar-refractivity contribution in [2.45, 2.75) is 45.8 Å². The monoisotopic (exact) mass is 331 g/mol. The molecule has 0 aliphatic rings. The smallest absolute Gasteiger partial charge is 0.319 e. The van der Waals surface area contributed by atoms with Gasteiger partial charge in [-0.2, -0.15) is 0 Å². The molecule has 1 atom stereocenters. The van der Waals surface area contributed by atoms with Crippen molar-refractivity contribution in [2.75, 3.05) is 12.4 Å². The van der Waals surface area contributed by atoms with E-state index in [0.717, 1.165) is 11.3 Å². The number of amides is 2. The van der Waals surface area contributed by atoms with Crippen LogP contribution in [0.5, 0.6) is 0 Å². The summed E-state index contributed by atoms with van der Waals surface area (Å²) < 4.78 is 10.9. The van der Waals surface area contributed by atoms with Gasteiger partial charge in [0.25, 0.3) is 0 Å². The minimum Gasteiger partial charge on any atom is -0.443 e. The third-order valence-electron chi connectivity index (χ3n) is 3.66. The van der Waals surface area contributed by atoms with Gasteiger partial charge in [-0.1, -0.05) is 32.9 Å². The van der Waals surface area contributed by atoms with E-state index >= 15 is 0 Å². The molecule has 130 valence electrons. The molecule has 0 bridgehead atoms. The van der Waals surface area contributed by atoms with Crippen molar-refractivity contribution in [3.63, 3.8) is 0 Å². The quantitative estimate of drug-likeness (QED) is 0.868. The molecule has 6 nitrogen and oxygen atoms in total. The molecule has 2 amide bonds. The largest absolute Gasteiger partial charge is 0.443 e. The summed E-state index contributed by atoms with van der Waals surface area (Å²) in [5, 5.41) is 5.53. The first-order chi connectivity index (χ1) is 11.3. The molecule has 24 heavy (non-hydrogen) atoms. The van der Waals surface area contributed by atoms with Crippen LogP contribution in [0.25, 0.3) is 0 Å². The number of carbonyl (C=O) groups excluding carboxylic acids is 1. The second kappa shape index (κ2) is 7.49. The Morgan fingerprint density at radius 3 is 2.75 bits per heavy atom. The number of ether oxygens (including phenoxy) is 1. The SMILES string of the molecule is CO[C@H](C)c1cccc(NC(=O)NCc2ncc(C(C)(C)C)o2)c1. The predicted octanol–water partition coefficient (Wildman–Crippen LogP) is 4.00. The number of oxazole rings is 1. The first-order valence-electron chi connectivity index (χ1n) is 7.92. The normalized spacial score (nSPS) is 12.7. The molecule has 2 N–H and O–H groups in total. The number of carbonyl (C=O) groups is 1. The van der Waals surface area contributed by atoms with Crippen LogP contribution in [0.2, 0.25) is 0 Å². The van der Waals surface area contributed by atoms with Gasteiger partial charge in [0, 0.05) is 18.2 Å². The van der Waals surface area contributed by atoms with E-state index in [2.05, 4.69) is 15.6 Å². The molecule has 0 saturated carbocycles. The zero-order chi connectivity index (χ0) is 17.7. The first-order valence-corrected chi connectivity index (χ1v) is 7.92. The van der Waals surface area contributed by atoms with E-state index in [4.69, 9.17) is 9.15 Å². The lowest BCUT2D eigenvalue weighted by atomic mass is 9.94. The Kier molecular flexibility index (Phi) is 5.62. The van der Waals surface area contributed by atoms with Gasteiger partial charge in [-0.15, -0.1) is 0 Å². The van der Waals surface area contributed by atoms with Crippen molar-refractivity contribution < 1.29 is 13.9 Å². The summed E-state index contributed by atoms with van der Waals surface area (Å²) in [6.45, 7) is 8.33. The Bertz CT molecular complexity index is 689. The summed E-state index contributed by atoms with van der Waals surface area (Å²) >= 11 is 0. The van der Waals surface area contributed by atoms with Gasteiger partial charge < -0.3 is 19.8 Å². The standard InChI is InChI=1S/C18H25N3O3/c1-12(23-5)13-7-6-8-14(9-13)21-17(22)20-11-16-19-10-15(24-16)18(2,3)4/h6-10,12H,11H2,1-5H3,(H2,20,21,22)/t12-/m1/s1. The second-order valence-electron chi connectivity index (χ2n) is 6.68. The van der Waals surface area contributed by atoms with Crippen LogP contribution in [0.4, 0.5) is 10.5 Å². The first kappa shape index (κ1) is 18.0. The highest BCUT2D eigenvalue weighted by molar-refractivity contribution is 5.89. The van der Waals surface area contributed by atoms with Crippen LogP contribution in [-0.2, 0) is 16.7 Å². The van der Waals surface area contributed by atoms with Crippen molar-refractivity contribution in [1.29, 1.82) is 0 Å². The van der Waals surface area contributed by atoms with E-state index in [1.165, 1.54) is 0 Å². The molecule has 0 unspecified atom stereocenters. The van der Waals surface area contributed by atoms with Crippen molar-refractivity contribution in [1.82, 2.24) is 10.3 Å². The Balaban J connectivity index is 1.91. The summed E-state index contributed by atoms with van der Waals surface area (Å²) in [5.41, 5.74) is 1.60. The molecule has 1 heterocycles. The lowest BCUT2D eigenvalue weighted by Crippen LogP contribution is -2.28. The number of anilines is 1. The summed E-state index contributed by atoms with van der Waals surface area (Å²) in [5.74, 6) is 1.28. The van der Waals surface area contributed by atoms with E-state index in [0.29, 0.717) is 11.6 Å². The van der Waals surface area contributed by atoms with Crippen molar-refractivity contribution in [3.05, 3.63) is 47.7 Å².